The molecule has 1 N–H and O–H groups in total. The van der Waals surface area contributed by atoms with Crippen LogP contribution in [0.25, 0.3) is 0 Å². The standard InChI is InChI=1S/C12H21N3/c1-4-5-6-9-13-11-8-7-10-14-12(11)15(2)3/h7-8,10,13H,4-6,9H2,1-3H3. The first-order chi connectivity index (χ1) is 7.25. The topological polar surface area (TPSA) is 28.2 Å². The molecule has 0 atom stereocenters. The Morgan fingerprint density at radius 3 is 2.80 bits per heavy atom. The first-order valence-electron chi connectivity index (χ1n) is 5.62. The van der Waals surface area contributed by atoms with Crippen molar-refractivity contribution in [2.24, 2.45) is 0 Å². The van der Waals surface area contributed by atoms with Gasteiger partial charge in [-0.2, -0.15) is 0 Å². The predicted octanol–water partition coefficient (Wildman–Crippen LogP) is 2.75. The largest absolute Gasteiger partial charge is 0.382 e. The molecule has 3 heteroatoms. The summed E-state index contributed by atoms with van der Waals surface area (Å²) in [5, 5.41) is 3.43. The molecule has 1 rings (SSSR count). The maximum Gasteiger partial charge on any atom is 0.151 e. The van der Waals surface area contributed by atoms with Crippen LogP contribution in [0.1, 0.15) is 26.2 Å². The zero-order chi connectivity index (χ0) is 11.1. The summed E-state index contributed by atoms with van der Waals surface area (Å²) in [6, 6.07) is 4.05. The van der Waals surface area contributed by atoms with Crippen molar-refractivity contribution in [3.8, 4) is 0 Å². The summed E-state index contributed by atoms with van der Waals surface area (Å²) >= 11 is 0. The van der Waals surface area contributed by atoms with Crippen LogP contribution in [0.2, 0.25) is 0 Å². The lowest BCUT2D eigenvalue weighted by molar-refractivity contribution is 0.743. The van der Waals surface area contributed by atoms with Gasteiger partial charge in [-0.3, -0.25) is 0 Å². The molecule has 0 fully saturated rings. The summed E-state index contributed by atoms with van der Waals surface area (Å²) in [5.74, 6) is 1.01. The van der Waals surface area contributed by atoms with Crippen molar-refractivity contribution >= 4 is 11.5 Å². The lowest BCUT2D eigenvalue weighted by atomic mass is 10.2. The highest BCUT2D eigenvalue weighted by Crippen LogP contribution is 2.20. The SMILES string of the molecule is CCCCCNc1cccnc1N(C)C. The third kappa shape index (κ3) is 3.78. The lowest BCUT2D eigenvalue weighted by Crippen LogP contribution is -2.14. The van der Waals surface area contributed by atoms with E-state index in [1.54, 1.807) is 0 Å². The minimum Gasteiger partial charge on any atom is -0.382 e. The second-order valence-corrected chi connectivity index (χ2v) is 3.90. The number of aromatic nitrogens is 1. The molecule has 15 heavy (non-hydrogen) atoms. The van der Waals surface area contributed by atoms with E-state index in [0.29, 0.717) is 0 Å². The Morgan fingerprint density at radius 2 is 2.13 bits per heavy atom. The molecule has 1 aromatic rings. The van der Waals surface area contributed by atoms with E-state index in [1.807, 2.05) is 31.3 Å². The highest BCUT2D eigenvalue weighted by atomic mass is 15.2. The molecule has 1 heterocycles. The zero-order valence-electron chi connectivity index (χ0n) is 9.95. The molecule has 0 spiro atoms. The number of pyridine rings is 1. The van der Waals surface area contributed by atoms with E-state index in [2.05, 4.69) is 23.3 Å². The third-order valence-electron chi connectivity index (χ3n) is 2.31. The quantitative estimate of drug-likeness (QED) is 0.727. The zero-order valence-corrected chi connectivity index (χ0v) is 9.95. The molecule has 0 amide bonds. The second-order valence-electron chi connectivity index (χ2n) is 3.90. The van der Waals surface area contributed by atoms with Crippen LogP contribution in [0, 0.1) is 0 Å². The van der Waals surface area contributed by atoms with Gasteiger partial charge in [0.1, 0.15) is 0 Å². The van der Waals surface area contributed by atoms with Gasteiger partial charge >= 0.3 is 0 Å². The van der Waals surface area contributed by atoms with Crippen molar-refractivity contribution in [3.63, 3.8) is 0 Å². The first-order valence-corrected chi connectivity index (χ1v) is 5.62. The van der Waals surface area contributed by atoms with Gasteiger partial charge in [-0.1, -0.05) is 19.8 Å². The minimum absolute atomic E-state index is 1.01. The molecule has 0 saturated heterocycles. The van der Waals surface area contributed by atoms with Gasteiger partial charge in [-0.15, -0.1) is 0 Å². The fraction of sp³-hybridized carbons (Fsp3) is 0.583. The third-order valence-corrected chi connectivity index (χ3v) is 2.31. The van der Waals surface area contributed by atoms with Crippen LogP contribution >= 0.6 is 0 Å². The van der Waals surface area contributed by atoms with Crippen molar-refractivity contribution in [2.45, 2.75) is 26.2 Å². The second kappa shape index (κ2) is 6.27. The van der Waals surface area contributed by atoms with Crippen LogP contribution < -0.4 is 10.2 Å². The summed E-state index contributed by atoms with van der Waals surface area (Å²) in [6.45, 7) is 3.25. The molecule has 0 radical (unpaired) electrons. The fourth-order valence-corrected chi connectivity index (χ4v) is 1.49. The number of hydrogen-bond acceptors (Lipinski definition) is 3. The fourth-order valence-electron chi connectivity index (χ4n) is 1.49. The Labute approximate surface area is 92.5 Å². The molecule has 0 aliphatic carbocycles. The highest BCUT2D eigenvalue weighted by molar-refractivity contribution is 5.64. The molecule has 84 valence electrons. The normalized spacial score (nSPS) is 10.1. The Morgan fingerprint density at radius 1 is 1.33 bits per heavy atom. The number of rotatable bonds is 6. The van der Waals surface area contributed by atoms with Crippen molar-refractivity contribution < 1.29 is 0 Å². The summed E-state index contributed by atoms with van der Waals surface area (Å²) in [6.07, 6.45) is 5.59. The average molecular weight is 207 g/mol. The van der Waals surface area contributed by atoms with Crippen LogP contribution in [0.15, 0.2) is 18.3 Å². The Balaban J connectivity index is 2.52. The number of hydrogen-bond donors (Lipinski definition) is 1. The summed E-state index contributed by atoms with van der Waals surface area (Å²) in [4.78, 5) is 6.37. The summed E-state index contributed by atoms with van der Waals surface area (Å²) in [5.41, 5.74) is 1.12. The van der Waals surface area contributed by atoms with Gasteiger partial charge < -0.3 is 10.2 Å². The Kier molecular flexibility index (Phi) is 4.95. The van der Waals surface area contributed by atoms with Crippen LogP contribution in [0.5, 0.6) is 0 Å². The van der Waals surface area contributed by atoms with Crippen LogP contribution in [-0.2, 0) is 0 Å². The van der Waals surface area contributed by atoms with E-state index in [1.165, 1.54) is 19.3 Å². The molecule has 0 aromatic carbocycles. The molecule has 3 nitrogen and oxygen atoms in total. The molecule has 0 saturated carbocycles. The van der Waals surface area contributed by atoms with Gasteiger partial charge in [-0.25, -0.2) is 4.98 Å². The number of nitrogens with zero attached hydrogens (tertiary/aromatic N) is 2. The summed E-state index contributed by atoms with van der Waals surface area (Å²) in [7, 11) is 4.03. The van der Waals surface area contributed by atoms with E-state index < -0.39 is 0 Å². The molecule has 0 aliphatic rings. The molecule has 1 aromatic heterocycles. The maximum atomic E-state index is 4.34. The van der Waals surface area contributed by atoms with Crippen LogP contribution in [-0.4, -0.2) is 25.6 Å². The maximum absolute atomic E-state index is 4.34. The van der Waals surface area contributed by atoms with Gasteiger partial charge in [0.25, 0.3) is 0 Å². The minimum atomic E-state index is 1.01. The van der Waals surface area contributed by atoms with Crippen molar-refractivity contribution in [2.75, 3.05) is 30.9 Å². The Hall–Kier alpha value is -1.25. The molecular weight excluding hydrogens is 186 g/mol. The van der Waals surface area contributed by atoms with Gasteiger partial charge in [0.05, 0.1) is 5.69 Å². The summed E-state index contributed by atoms with van der Waals surface area (Å²) < 4.78 is 0. The molecular formula is C12H21N3. The van der Waals surface area contributed by atoms with Crippen molar-refractivity contribution in [1.29, 1.82) is 0 Å². The Bertz CT molecular complexity index is 284. The average Bonchev–Trinajstić information content (AvgIpc) is 2.25. The van der Waals surface area contributed by atoms with Gasteiger partial charge in [0.15, 0.2) is 5.82 Å². The van der Waals surface area contributed by atoms with Crippen molar-refractivity contribution in [3.05, 3.63) is 18.3 Å². The van der Waals surface area contributed by atoms with E-state index in [0.717, 1.165) is 18.1 Å². The number of unbranched alkanes of at least 4 members (excludes halogenated alkanes) is 2. The van der Waals surface area contributed by atoms with E-state index in [4.69, 9.17) is 0 Å². The van der Waals surface area contributed by atoms with E-state index in [9.17, 15) is 0 Å². The first kappa shape index (κ1) is 11.8. The number of nitrogens with one attached hydrogen (secondary N) is 1. The lowest BCUT2D eigenvalue weighted by Gasteiger charge is -2.16. The smallest absolute Gasteiger partial charge is 0.151 e. The van der Waals surface area contributed by atoms with E-state index >= 15 is 0 Å². The van der Waals surface area contributed by atoms with E-state index in [-0.39, 0.29) is 0 Å². The monoisotopic (exact) mass is 207 g/mol. The van der Waals surface area contributed by atoms with Gasteiger partial charge in [0.2, 0.25) is 0 Å². The highest BCUT2D eigenvalue weighted by Gasteiger charge is 2.03. The van der Waals surface area contributed by atoms with Crippen LogP contribution in [0.4, 0.5) is 11.5 Å². The van der Waals surface area contributed by atoms with Gasteiger partial charge in [0, 0.05) is 26.8 Å². The van der Waals surface area contributed by atoms with Crippen LogP contribution in [0.3, 0.4) is 0 Å². The molecule has 0 bridgehead atoms. The predicted molar refractivity (Wildman–Crippen MR) is 66.6 cm³/mol. The van der Waals surface area contributed by atoms with Gasteiger partial charge in [-0.05, 0) is 18.6 Å². The van der Waals surface area contributed by atoms with Crippen molar-refractivity contribution in [1.82, 2.24) is 4.98 Å². The number of anilines is 2. The molecule has 0 unspecified atom stereocenters. The molecule has 0 aliphatic heterocycles.